The number of rotatable bonds is 6. The largest absolute Gasteiger partial charge is 1.00 e. The van der Waals surface area contributed by atoms with Crippen LogP contribution in [0.4, 0.5) is 5.13 Å². The fourth-order valence-corrected chi connectivity index (χ4v) is 5.86. The van der Waals surface area contributed by atoms with Crippen LogP contribution in [0.1, 0.15) is 44.6 Å². The number of nitrogens with one attached hydrogen (secondary N) is 2. The molecular weight excluding hydrogens is 506 g/mol. The normalized spacial score (nSPS) is 20.2. The molecule has 3 atom stereocenters. The summed E-state index contributed by atoms with van der Waals surface area (Å²) in [4.78, 5) is 45.8. The molecule has 1 aromatic carbocycles. The van der Waals surface area contributed by atoms with Crippen LogP contribution in [0.2, 0.25) is 10.0 Å². The third kappa shape index (κ3) is 4.64. The Morgan fingerprint density at radius 3 is 2.31 bits per heavy atom. The number of thiazole rings is 1. The van der Waals surface area contributed by atoms with Crippen molar-refractivity contribution in [2.45, 2.75) is 19.9 Å². The number of halogens is 2. The third-order valence-electron chi connectivity index (χ3n) is 6.42. The van der Waals surface area contributed by atoms with E-state index in [1.54, 1.807) is 31.2 Å². The molecule has 1 saturated carbocycles. The van der Waals surface area contributed by atoms with Gasteiger partial charge in [0.15, 0.2) is 10.9 Å². The van der Waals surface area contributed by atoms with E-state index in [0.717, 1.165) is 11.3 Å². The predicted octanol–water partition coefficient (Wildman–Crippen LogP) is 1.64. The molecule has 0 bridgehead atoms. The molecular formula is C23H21Cl2LiN4O4S. The number of aryl methyl sites for hydroxylation is 1. The van der Waals surface area contributed by atoms with Crippen LogP contribution >= 0.6 is 34.5 Å². The number of benzene rings is 1. The first-order valence-electron chi connectivity index (χ1n) is 10.6. The Bertz CT molecular complexity index is 1330. The van der Waals surface area contributed by atoms with Crippen LogP contribution < -0.4 is 29.1 Å². The number of hydrogen-bond donors (Lipinski definition) is 3. The molecule has 1 aliphatic heterocycles. The van der Waals surface area contributed by atoms with Crippen molar-refractivity contribution in [3.05, 3.63) is 56.1 Å². The fraction of sp³-hybridized carbons (Fsp3) is 0.304. The van der Waals surface area contributed by atoms with Gasteiger partial charge in [0.05, 0.1) is 15.7 Å². The first-order chi connectivity index (χ1) is 16.2. The number of carbonyl (C=O) groups is 3. The summed E-state index contributed by atoms with van der Waals surface area (Å²) in [6, 6.07) is 6.81. The molecule has 3 heterocycles. The van der Waals surface area contributed by atoms with Crippen molar-refractivity contribution in [3.63, 3.8) is 0 Å². The zero-order chi connectivity index (χ0) is 24.3. The molecule has 12 heteroatoms. The molecule has 1 aliphatic carbocycles. The van der Waals surface area contributed by atoms with Gasteiger partial charge in [-0.15, -0.1) is 0 Å². The number of carboxylic acids is 1. The van der Waals surface area contributed by atoms with Crippen LogP contribution in [0, 0.1) is 18.8 Å². The summed E-state index contributed by atoms with van der Waals surface area (Å²) in [5, 5.41) is 13.9. The Morgan fingerprint density at radius 2 is 1.80 bits per heavy atom. The number of aromatic carboxylic acids is 1. The van der Waals surface area contributed by atoms with Crippen molar-refractivity contribution >= 4 is 57.3 Å². The number of carbonyl (C=O) groups excluding carboxylic acids is 2. The number of amides is 1. The minimum absolute atomic E-state index is 0. The van der Waals surface area contributed by atoms with Crippen LogP contribution in [-0.4, -0.2) is 51.9 Å². The second-order valence-corrected chi connectivity index (χ2v) is 10.3. The van der Waals surface area contributed by atoms with E-state index in [2.05, 4.69) is 20.2 Å². The third-order valence-corrected chi connectivity index (χ3v) is 8.47. The van der Waals surface area contributed by atoms with Gasteiger partial charge in [-0.3, -0.25) is 9.59 Å². The number of aromatic nitrogens is 2. The minimum Gasteiger partial charge on any atom is -1.00 e. The van der Waals surface area contributed by atoms with Crippen molar-refractivity contribution in [1.82, 2.24) is 15.3 Å². The Morgan fingerprint density at radius 1 is 1.17 bits per heavy atom. The van der Waals surface area contributed by atoms with Gasteiger partial charge < -0.3 is 21.7 Å². The summed E-state index contributed by atoms with van der Waals surface area (Å²) in [6.07, 6.45) is 0. The first-order valence-corrected chi connectivity index (χ1v) is 12.2. The Kier molecular flexibility index (Phi) is 7.11. The second kappa shape index (κ2) is 9.64. The number of ketones is 1. The van der Waals surface area contributed by atoms with E-state index in [1.807, 2.05) is 0 Å². The summed E-state index contributed by atoms with van der Waals surface area (Å²) >= 11 is 13.4. The number of aromatic amines is 1. The number of anilines is 1. The van der Waals surface area contributed by atoms with Crippen LogP contribution in [0.3, 0.4) is 0 Å². The van der Waals surface area contributed by atoms with E-state index in [4.69, 9.17) is 23.2 Å². The van der Waals surface area contributed by atoms with Gasteiger partial charge in [0.25, 0.3) is 5.91 Å². The number of fused-ring (bicyclic) bond motifs is 1. The summed E-state index contributed by atoms with van der Waals surface area (Å²) in [7, 11) is 0. The van der Waals surface area contributed by atoms with E-state index in [0.29, 0.717) is 45.8 Å². The fourth-order valence-electron chi connectivity index (χ4n) is 4.50. The zero-order valence-corrected chi connectivity index (χ0v) is 21.5. The maximum atomic E-state index is 12.6. The zero-order valence-electron chi connectivity index (χ0n) is 20.2. The molecule has 5 rings (SSSR count). The van der Waals surface area contributed by atoms with E-state index in [1.165, 1.54) is 6.92 Å². The number of carboxylic acid groups (broad SMARTS) is 1. The van der Waals surface area contributed by atoms with Gasteiger partial charge >= 0.3 is 24.8 Å². The number of hydrogen-bond acceptors (Lipinski definition) is 6. The van der Waals surface area contributed by atoms with Gasteiger partial charge in [0.1, 0.15) is 10.6 Å². The topological polar surface area (TPSA) is 115 Å². The Labute approximate surface area is 228 Å². The van der Waals surface area contributed by atoms with Gasteiger partial charge in [0.2, 0.25) is 0 Å². The van der Waals surface area contributed by atoms with Crippen molar-refractivity contribution in [2.75, 3.05) is 18.0 Å². The maximum Gasteiger partial charge on any atom is 1.00 e. The Hall–Kier alpha value is -2.28. The molecule has 0 spiro atoms. The molecule has 2 fully saturated rings. The van der Waals surface area contributed by atoms with Gasteiger partial charge in [-0.25, -0.2) is 9.78 Å². The Balaban J connectivity index is 0.00000180. The summed E-state index contributed by atoms with van der Waals surface area (Å²) in [6.45, 7) is 4.57. The molecule has 2 aliphatic rings. The van der Waals surface area contributed by atoms with Crippen molar-refractivity contribution in [1.29, 1.82) is 0 Å². The van der Waals surface area contributed by atoms with Crippen molar-refractivity contribution in [3.8, 4) is 11.3 Å². The molecule has 2 aromatic heterocycles. The molecule has 178 valence electrons. The summed E-state index contributed by atoms with van der Waals surface area (Å²) in [5.41, 5.74) is 2.50. The summed E-state index contributed by atoms with van der Waals surface area (Å²) < 4.78 is 0. The van der Waals surface area contributed by atoms with Gasteiger partial charge in [-0.1, -0.05) is 58.8 Å². The second-order valence-electron chi connectivity index (χ2n) is 8.60. The monoisotopic (exact) mass is 526 g/mol. The number of nitrogens with zero attached hydrogens (tertiary/aromatic N) is 2. The molecule has 3 aromatic rings. The number of H-pyrrole nitrogens is 1. The van der Waals surface area contributed by atoms with E-state index in [9.17, 15) is 19.5 Å². The summed E-state index contributed by atoms with van der Waals surface area (Å²) in [5.74, 6) is -0.876. The quantitative estimate of drug-likeness (QED) is 0.332. The van der Waals surface area contributed by atoms with Crippen LogP contribution in [0.25, 0.3) is 11.3 Å². The van der Waals surface area contributed by atoms with Crippen molar-refractivity contribution < 1.29 is 39.8 Å². The minimum atomic E-state index is -1.04. The van der Waals surface area contributed by atoms with E-state index < -0.39 is 5.97 Å². The number of piperidine rings is 1. The van der Waals surface area contributed by atoms with Crippen LogP contribution in [0.5, 0.6) is 0 Å². The predicted molar refractivity (Wildman–Crippen MR) is 132 cm³/mol. The molecule has 1 unspecified atom stereocenters. The average molecular weight is 527 g/mol. The van der Waals surface area contributed by atoms with Gasteiger partial charge in [-0.2, -0.15) is 0 Å². The van der Waals surface area contributed by atoms with Crippen molar-refractivity contribution in [2.24, 2.45) is 11.8 Å². The van der Waals surface area contributed by atoms with Crippen LogP contribution in [-0.2, 0) is 0 Å². The molecule has 1 saturated heterocycles. The molecule has 0 radical (unpaired) electrons. The SMILES string of the molecule is CC(=O)c1ccc(-c2nc(N3C[C@@H]4C(NC(=O)c5[nH]c(C)c(Cl)c5Cl)[C@@H]4C3)sc2C(=O)O)cc1.[H-].[Li+]. The average Bonchev–Trinajstić information content (AvgIpc) is 3.19. The van der Waals surface area contributed by atoms with Gasteiger partial charge in [0, 0.05) is 47.8 Å². The van der Waals surface area contributed by atoms with E-state index >= 15 is 0 Å². The number of Topliss-reactive ketones (excluding diaryl/α,β-unsaturated/α-hetero) is 1. The molecule has 8 nitrogen and oxygen atoms in total. The standard InChI is InChI=1S/C23H20Cl2N4O4S.Li.H/c1-9-15(24)16(25)19(26-9)21(31)27-18-13-7-29(8-14(13)18)23-28-17(20(34-23)22(32)33)12-5-3-11(4-6-12)10(2)30;;/h3-6,13-14,18,26H,7-8H2,1-2H3,(H,27,31)(H,32,33);;/q;+1;-1/t13-,14+,18?;;. The van der Waals surface area contributed by atoms with E-state index in [-0.39, 0.29) is 65.4 Å². The maximum absolute atomic E-state index is 12.6. The smallest absolute Gasteiger partial charge is 1.00 e. The first kappa shape index (κ1) is 25.8. The molecule has 1 amide bonds. The van der Waals surface area contributed by atoms with Crippen LogP contribution in [0.15, 0.2) is 24.3 Å². The van der Waals surface area contributed by atoms with Gasteiger partial charge in [-0.05, 0) is 13.8 Å². The molecule has 3 N–H and O–H groups in total. The molecule has 35 heavy (non-hydrogen) atoms.